The van der Waals surface area contributed by atoms with Crippen molar-refractivity contribution in [2.24, 2.45) is 0 Å². The zero-order chi connectivity index (χ0) is 19.6. The number of benzene rings is 1. The smallest absolute Gasteiger partial charge is 0.351 e. The summed E-state index contributed by atoms with van der Waals surface area (Å²) in [5.41, 5.74) is 3.73. The number of fused-ring (bicyclic) bond motifs is 1. The second-order valence-corrected chi connectivity index (χ2v) is 7.15. The minimum atomic E-state index is -4.37. The zero-order valence-corrected chi connectivity index (χ0v) is 15.7. The van der Waals surface area contributed by atoms with Crippen LogP contribution in [0, 0.1) is 6.92 Å². The zero-order valence-electron chi connectivity index (χ0n) is 15.7. The fourth-order valence-electron chi connectivity index (χ4n) is 3.89. The van der Waals surface area contributed by atoms with Crippen LogP contribution in [0.2, 0.25) is 0 Å². The Kier molecular flexibility index (Phi) is 5.63. The predicted molar refractivity (Wildman–Crippen MR) is 99.0 cm³/mol. The second kappa shape index (κ2) is 7.79. The number of aromatic nitrogens is 1. The van der Waals surface area contributed by atoms with Crippen LogP contribution in [0.3, 0.4) is 0 Å². The molecule has 1 aliphatic rings. The first-order valence-electron chi connectivity index (χ1n) is 9.48. The monoisotopic (exact) mass is 378 g/mol. The molecule has 2 aromatic rings. The molecule has 3 nitrogen and oxygen atoms in total. The first-order chi connectivity index (χ1) is 12.8. The Labute approximate surface area is 157 Å². The summed E-state index contributed by atoms with van der Waals surface area (Å²) in [5.74, 6) is -0.143. The summed E-state index contributed by atoms with van der Waals surface area (Å²) in [7, 11) is 0. The molecule has 1 aliphatic carbocycles. The lowest BCUT2D eigenvalue weighted by Gasteiger charge is -2.18. The van der Waals surface area contributed by atoms with Gasteiger partial charge < -0.3 is 9.88 Å². The van der Waals surface area contributed by atoms with E-state index in [-0.39, 0.29) is 12.5 Å². The fraction of sp³-hybridized carbons (Fsp3) is 0.476. The normalized spacial score (nSPS) is 14.1. The molecule has 1 amide bonds. The highest BCUT2D eigenvalue weighted by molar-refractivity contribution is 5.95. The van der Waals surface area contributed by atoms with Crippen molar-refractivity contribution in [3.05, 3.63) is 57.9 Å². The molecular formula is C21H25F3N2O. The number of carbonyl (C=O) groups is 1. The van der Waals surface area contributed by atoms with E-state index in [1.54, 1.807) is 6.07 Å². The molecule has 3 rings (SSSR count). The Morgan fingerprint density at radius 2 is 1.96 bits per heavy atom. The van der Waals surface area contributed by atoms with E-state index in [9.17, 15) is 18.0 Å². The van der Waals surface area contributed by atoms with Gasteiger partial charge in [0.15, 0.2) is 0 Å². The molecule has 146 valence electrons. The first-order valence-corrected chi connectivity index (χ1v) is 9.48. The van der Waals surface area contributed by atoms with Crippen molar-refractivity contribution < 1.29 is 18.0 Å². The quantitative estimate of drug-likeness (QED) is 0.790. The summed E-state index contributed by atoms with van der Waals surface area (Å²) < 4.78 is 41.1. The number of nitrogens with one attached hydrogen (secondary N) is 1. The van der Waals surface area contributed by atoms with E-state index in [0.717, 1.165) is 49.4 Å². The highest BCUT2D eigenvalue weighted by Gasteiger charge is 2.31. The molecule has 27 heavy (non-hydrogen) atoms. The molecule has 0 bridgehead atoms. The highest BCUT2D eigenvalue weighted by Crippen LogP contribution is 2.32. The fourth-order valence-corrected chi connectivity index (χ4v) is 3.89. The van der Waals surface area contributed by atoms with Crippen molar-refractivity contribution in [2.75, 3.05) is 6.54 Å². The largest absolute Gasteiger partial charge is 0.416 e. The molecular weight excluding hydrogens is 353 g/mol. The van der Waals surface area contributed by atoms with E-state index in [4.69, 9.17) is 0 Å². The number of halogens is 3. The van der Waals surface area contributed by atoms with Gasteiger partial charge in [0.1, 0.15) is 5.69 Å². The molecule has 0 spiro atoms. The van der Waals surface area contributed by atoms with E-state index in [0.29, 0.717) is 17.8 Å². The summed E-state index contributed by atoms with van der Waals surface area (Å²) in [4.78, 5) is 12.8. The van der Waals surface area contributed by atoms with Crippen LogP contribution < -0.4 is 5.32 Å². The Bertz CT molecular complexity index is 837. The standard InChI is InChI=1S/C21H25F3N2O/c1-3-11-25-20(27)19-14(2)17-9-4-5-10-18(17)26(19)13-15-7-6-8-16(12-15)21(22,23)24/h6-8,12H,3-5,9-11,13H2,1-2H3,(H,25,27). The minimum Gasteiger partial charge on any atom is -0.351 e. The molecule has 0 atom stereocenters. The lowest BCUT2D eigenvalue weighted by molar-refractivity contribution is -0.137. The van der Waals surface area contributed by atoms with Crippen LogP contribution in [0.5, 0.6) is 0 Å². The number of carbonyl (C=O) groups excluding carboxylic acids is 1. The van der Waals surface area contributed by atoms with Gasteiger partial charge >= 0.3 is 6.18 Å². The van der Waals surface area contributed by atoms with Gasteiger partial charge in [-0.15, -0.1) is 0 Å². The van der Waals surface area contributed by atoms with Gasteiger partial charge in [0.25, 0.3) is 5.91 Å². The molecule has 0 aliphatic heterocycles. The van der Waals surface area contributed by atoms with E-state index < -0.39 is 11.7 Å². The van der Waals surface area contributed by atoms with Crippen LogP contribution in [0.1, 0.15) is 64.6 Å². The van der Waals surface area contributed by atoms with Crippen molar-refractivity contribution in [3.8, 4) is 0 Å². The topological polar surface area (TPSA) is 34.0 Å². The summed E-state index contributed by atoms with van der Waals surface area (Å²) in [6.07, 6.45) is 0.357. The lowest BCUT2D eigenvalue weighted by atomic mass is 9.95. The van der Waals surface area contributed by atoms with Gasteiger partial charge in [0.05, 0.1) is 5.56 Å². The summed E-state index contributed by atoms with van der Waals surface area (Å²) in [5, 5.41) is 2.92. The maximum atomic E-state index is 13.1. The molecule has 1 aromatic heterocycles. The van der Waals surface area contributed by atoms with Crippen LogP contribution in [0.4, 0.5) is 13.2 Å². The van der Waals surface area contributed by atoms with E-state index >= 15 is 0 Å². The minimum absolute atomic E-state index is 0.143. The summed E-state index contributed by atoms with van der Waals surface area (Å²) in [6, 6.07) is 5.37. The summed E-state index contributed by atoms with van der Waals surface area (Å²) in [6.45, 7) is 4.79. The molecule has 1 heterocycles. The number of alkyl halides is 3. The third kappa shape index (κ3) is 4.04. The molecule has 0 fully saturated rings. The van der Waals surface area contributed by atoms with Gasteiger partial charge in [0.2, 0.25) is 0 Å². The molecule has 1 N–H and O–H groups in total. The number of amides is 1. The van der Waals surface area contributed by atoms with E-state index in [2.05, 4.69) is 5.32 Å². The van der Waals surface area contributed by atoms with Crippen molar-refractivity contribution in [3.63, 3.8) is 0 Å². The van der Waals surface area contributed by atoms with Crippen LogP contribution in [0.15, 0.2) is 24.3 Å². The van der Waals surface area contributed by atoms with Gasteiger partial charge in [0, 0.05) is 18.8 Å². The molecule has 0 unspecified atom stereocenters. The third-order valence-corrected chi connectivity index (χ3v) is 5.19. The van der Waals surface area contributed by atoms with Crippen molar-refractivity contribution in [2.45, 2.75) is 58.7 Å². The van der Waals surface area contributed by atoms with Crippen LogP contribution in [-0.4, -0.2) is 17.0 Å². The molecule has 0 radical (unpaired) electrons. The lowest BCUT2D eigenvalue weighted by Crippen LogP contribution is -2.28. The second-order valence-electron chi connectivity index (χ2n) is 7.15. The number of hydrogen-bond donors (Lipinski definition) is 1. The maximum Gasteiger partial charge on any atom is 0.416 e. The van der Waals surface area contributed by atoms with E-state index in [1.165, 1.54) is 17.7 Å². The molecule has 0 saturated heterocycles. The van der Waals surface area contributed by atoms with Gasteiger partial charge in [-0.2, -0.15) is 13.2 Å². The number of rotatable bonds is 5. The van der Waals surface area contributed by atoms with Crippen molar-refractivity contribution >= 4 is 5.91 Å². The predicted octanol–water partition coefficient (Wildman–Crippen LogP) is 4.88. The van der Waals surface area contributed by atoms with Gasteiger partial charge in [-0.05, 0) is 67.9 Å². The van der Waals surface area contributed by atoms with Gasteiger partial charge in [-0.25, -0.2) is 0 Å². The van der Waals surface area contributed by atoms with Crippen molar-refractivity contribution in [1.29, 1.82) is 0 Å². The SMILES string of the molecule is CCCNC(=O)c1c(C)c2c(n1Cc1cccc(C(F)(F)F)c1)CCCC2. The van der Waals surface area contributed by atoms with Crippen LogP contribution >= 0.6 is 0 Å². The number of nitrogens with zero attached hydrogens (tertiary/aromatic N) is 1. The van der Waals surface area contributed by atoms with Crippen molar-refractivity contribution in [1.82, 2.24) is 9.88 Å². The highest BCUT2D eigenvalue weighted by atomic mass is 19.4. The Morgan fingerprint density at radius 1 is 1.22 bits per heavy atom. The van der Waals surface area contributed by atoms with Crippen LogP contribution in [-0.2, 0) is 25.6 Å². The van der Waals surface area contributed by atoms with Crippen LogP contribution in [0.25, 0.3) is 0 Å². The van der Waals surface area contributed by atoms with Gasteiger partial charge in [-0.1, -0.05) is 19.1 Å². The first kappa shape index (κ1) is 19.5. The Balaban J connectivity index is 2.02. The average molecular weight is 378 g/mol. The third-order valence-electron chi connectivity index (χ3n) is 5.19. The van der Waals surface area contributed by atoms with Gasteiger partial charge in [-0.3, -0.25) is 4.79 Å². The summed E-state index contributed by atoms with van der Waals surface area (Å²) >= 11 is 0. The molecule has 1 aromatic carbocycles. The maximum absolute atomic E-state index is 13.1. The number of hydrogen-bond acceptors (Lipinski definition) is 1. The molecule has 6 heteroatoms. The molecule has 0 saturated carbocycles. The Hall–Kier alpha value is -2.24. The average Bonchev–Trinajstić information content (AvgIpc) is 2.92. The Morgan fingerprint density at radius 3 is 2.67 bits per heavy atom. The van der Waals surface area contributed by atoms with E-state index in [1.807, 2.05) is 18.4 Å².